The zero-order valence-electron chi connectivity index (χ0n) is 19.2. The van der Waals surface area contributed by atoms with Gasteiger partial charge in [-0.05, 0) is 67.7 Å². The fourth-order valence-electron chi connectivity index (χ4n) is 4.05. The third-order valence-electron chi connectivity index (χ3n) is 5.69. The fraction of sp³-hybridized carbons (Fsp3) is 0.231. The van der Waals surface area contributed by atoms with Crippen LogP contribution in [0.25, 0.3) is 11.1 Å². The number of carboxylic acid groups (broad SMARTS) is 1. The van der Waals surface area contributed by atoms with Crippen LogP contribution in [0.2, 0.25) is 0 Å². The van der Waals surface area contributed by atoms with Gasteiger partial charge in [-0.1, -0.05) is 29.8 Å². The molecule has 1 aliphatic carbocycles. The van der Waals surface area contributed by atoms with Crippen LogP contribution in [0.3, 0.4) is 0 Å². The topological polar surface area (TPSA) is 62.2 Å². The number of carbonyl (C=O) groups excluding carboxylic acids is 1. The van der Waals surface area contributed by atoms with Gasteiger partial charge < -0.3 is 14.6 Å². The first-order chi connectivity index (χ1) is 16.1. The van der Waals surface area contributed by atoms with E-state index >= 15 is 0 Å². The summed E-state index contributed by atoms with van der Waals surface area (Å²) < 4.78 is 60.2. The first kappa shape index (κ1) is 26.9. The van der Waals surface area contributed by atoms with E-state index in [1.54, 1.807) is 24.3 Å². The molecule has 35 heavy (non-hydrogen) atoms. The minimum absolute atomic E-state index is 0. The number of benzene rings is 2. The number of halogens is 4. The van der Waals surface area contributed by atoms with E-state index in [1.807, 2.05) is 19.1 Å². The van der Waals surface area contributed by atoms with Crippen LogP contribution in [0.4, 0.5) is 17.6 Å². The Morgan fingerprint density at radius 2 is 1.77 bits per heavy atom. The minimum atomic E-state index is -4.74. The van der Waals surface area contributed by atoms with Crippen LogP contribution in [0.5, 0.6) is 5.75 Å². The molecule has 2 aromatic carbocycles. The number of allylic oxidation sites excluding steroid dienone is 2. The van der Waals surface area contributed by atoms with Gasteiger partial charge >= 0.3 is 35.7 Å². The third kappa shape index (κ3) is 6.12. The van der Waals surface area contributed by atoms with Crippen molar-refractivity contribution in [3.63, 3.8) is 0 Å². The Bertz CT molecular complexity index is 1290. The number of alkyl halides is 3. The number of hydrogen-bond acceptors (Lipinski definition) is 4. The largest absolute Gasteiger partial charge is 1.00 e. The summed E-state index contributed by atoms with van der Waals surface area (Å²) in [5.41, 5.74) is 1.26. The zero-order chi connectivity index (χ0) is 24.5. The number of hydrogen-bond donors (Lipinski definition) is 0. The number of carbonyl (C=O) groups is 1. The molecule has 0 fully saturated rings. The van der Waals surface area contributed by atoms with Crippen LogP contribution in [0.1, 0.15) is 57.7 Å². The van der Waals surface area contributed by atoms with E-state index in [0.29, 0.717) is 47.8 Å². The molecule has 0 radical (unpaired) electrons. The van der Waals surface area contributed by atoms with Crippen molar-refractivity contribution in [2.24, 2.45) is 0 Å². The van der Waals surface area contributed by atoms with Gasteiger partial charge in [0, 0.05) is 11.1 Å². The van der Waals surface area contributed by atoms with Gasteiger partial charge in [-0.3, -0.25) is 0 Å². The summed E-state index contributed by atoms with van der Waals surface area (Å²) >= 11 is 0. The van der Waals surface area contributed by atoms with Crippen LogP contribution < -0.4 is 39.4 Å². The molecule has 0 saturated heterocycles. The molecule has 0 aliphatic heterocycles. The molecule has 0 amide bonds. The molecule has 0 spiro atoms. The third-order valence-corrected chi connectivity index (χ3v) is 5.69. The van der Waals surface area contributed by atoms with E-state index in [4.69, 9.17) is 4.74 Å². The van der Waals surface area contributed by atoms with Crippen molar-refractivity contribution in [2.45, 2.75) is 39.0 Å². The Balaban J connectivity index is 0.00000342. The second kappa shape index (κ2) is 10.9. The van der Waals surface area contributed by atoms with Crippen LogP contribution >= 0.6 is 0 Å². The maximum atomic E-state index is 14.0. The van der Waals surface area contributed by atoms with Gasteiger partial charge in [-0.25, -0.2) is 9.37 Å². The van der Waals surface area contributed by atoms with Gasteiger partial charge in [0.2, 0.25) is 0 Å². The standard InChI is InChI=1S/C26H21F4NO3.Na/c1-15-9-10-24(34-14-16-5-2-3-8-21(16)27)20(11-15)18-6-4-7-19(18)22-12-17(26(28,29)30)13-23(31-22)25(32)33;/h2-3,5,8-13H,4,6-7,14H2,1H3,(H,32,33);/q;+1/p-1. The second-order valence-corrected chi connectivity index (χ2v) is 8.10. The molecule has 0 unspecified atom stereocenters. The number of aromatic nitrogens is 1. The maximum absolute atomic E-state index is 14.0. The number of nitrogens with zero attached hydrogens (tertiary/aromatic N) is 1. The molecule has 4 nitrogen and oxygen atoms in total. The molecule has 4 rings (SSSR count). The second-order valence-electron chi connectivity index (χ2n) is 8.10. The smallest absolute Gasteiger partial charge is 0.543 e. The molecule has 1 heterocycles. The summed E-state index contributed by atoms with van der Waals surface area (Å²) in [6.45, 7) is 1.85. The molecule has 0 atom stereocenters. The monoisotopic (exact) mass is 493 g/mol. The maximum Gasteiger partial charge on any atom is 1.00 e. The van der Waals surface area contributed by atoms with Crippen molar-refractivity contribution in [3.8, 4) is 5.75 Å². The van der Waals surface area contributed by atoms with Gasteiger partial charge in [0.15, 0.2) is 0 Å². The molecule has 176 valence electrons. The Kier molecular flexibility index (Phi) is 8.41. The van der Waals surface area contributed by atoms with Crippen molar-refractivity contribution in [3.05, 3.63) is 94.1 Å². The fourth-order valence-corrected chi connectivity index (χ4v) is 4.05. The Hall–Kier alpha value is -2.68. The SMILES string of the molecule is Cc1ccc(OCc2ccccc2F)c(C2=C(c3cc(C(F)(F)F)cc(C(=O)[O-])n3)CCC2)c1.[Na+]. The van der Waals surface area contributed by atoms with Gasteiger partial charge in [0.25, 0.3) is 0 Å². The number of aryl methyl sites for hydroxylation is 1. The first-order valence-corrected chi connectivity index (χ1v) is 10.6. The van der Waals surface area contributed by atoms with E-state index in [-0.39, 0.29) is 41.9 Å². The van der Waals surface area contributed by atoms with Crippen LogP contribution in [-0.4, -0.2) is 11.0 Å². The summed E-state index contributed by atoms with van der Waals surface area (Å²) in [6.07, 6.45) is -3.10. The molecule has 0 saturated carbocycles. The van der Waals surface area contributed by atoms with Gasteiger partial charge in [0.05, 0.1) is 22.9 Å². The molecule has 1 aromatic heterocycles. The van der Waals surface area contributed by atoms with E-state index < -0.39 is 29.2 Å². The first-order valence-electron chi connectivity index (χ1n) is 10.6. The van der Waals surface area contributed by atoms with Crippen molar-refractivity contribution in [2.75, 3.05) is 0 Å². The van der Waals surface area contributed by atoms with E-state index in [0.717, 1.165) is 17.2 Å². The average Bonchev–Trinajstić information content (AvgIpc) is 3.28. The molecule has 0 bridgehead atoms. The van der Waals surface area contributed by atoms with Gasteiger partial charge in [-0.2, -0.15) is 13.2 Å². The van der Waals surface area contributed by atoms with Gasteiger partial charge in [-0.15, -0.1) is 0 Å². The molecular weight excluding hydrogens is 473 g/mol. The van der Waals surface area contributed by atoms with Crippen LogP contribution in [-0.2, 0) is 12.8 Å². The number of ether oxygens (including phenoxy) is 1. The number of aromatic carboxylic acids is 1. The summed E-state index contributed by atoms with van der Waals surface area (Å²) in [5.74, 6) is -1.73. The summed E-state index contributed by atoms with van der Waals surface area (Å²) in [5, 5.41) is 11.3. The Morgan fingerprint density at radius 3 is 2.46 bits per heavy atom. The zero-order valence-corrected chi connectivity index (χ0v) is 21.2. The molecule has 0 N–H and O–H groups in total. The van der Waals surface area contributed by atoms with Gasteiger partial charge in [0.1, 0.15) is 18.2 Å². The molecule has 9 heteroatoms. The summed E-state index contributed by atoms with van der Waals surface area (Å²) in [4.78, 5) is 15.3. The number of rotatable bonds is 6. The predicted molar refractivity (Wildman–Crippen MR) is 116 cm³/mol. The van der Waals surface area contributed by atoms with Crippen LogP contribution in [0, 0.1) is 12.7 Å². The van der Waals surface area contributed by atoms with Crippen molar-refractivity contribution in [1.29, 1.82) is 0 Å². The Morgan fingerprint density at radius 1 is 1.06 bits per heavy atom. The van der Waals surface area contributed by atoms with Crippen molar-refractivity contribution >= 4 is 17.1 Å². The number of carboxylic acids is 1. The van der Waals surface area contributed by atoms with Crippen molar-refractivity contribution in [1.82, 2.24) is 4.98 Å². The minimum Gasteiger partial charge on any atom is -0.543 e. The normalized spacial score (nSPS) is 13.5. The quantitative estimate of drug-likeness (QED) is 0.391. The van der Waals surface area contributed by atoms with Crippen molar-refractivity contribution < 1.29 is 61.8 Å². The Labute approximate surface area is 221 Å². The van der Waals surface area contributed by atoms with E-state index in [2.05, 4.69) is 4.98 Å². The molecular formula is C26H20F4NNaO3. The van der Waals surface area contributed by atoms with Crippen LogP contribution in [0.15, 0.2) is 54.6 Å². The summed E-state index contributed by atoms with van der Waals surface area (Å²) in [7, 11) is 0. The predicted octanol–water partition coefficient (Wildman–Crippen LogP) is 2.59. The van der Waals surface area contributed by atoms with E-state index in [9.17, 15) is 27.5 Å². The molecule has 1 aliphatic rings. The summed E-state index contributed by atoms with van der Waals surface area (Å²) in [6, 6.07) is 13.0. The molecule has 3 aromatic rings. The average molecular weight is 493 g/mol. The number of pyridine rings is 1. The van der Waals surface area contributed by atoms with E-state index in [1.165, 1.54) is 6.07 Å².